The number of nitrogens with one attached hydrogen (secondary N) is 3. The van der Waals surface area contributed by atoms with Gasteiger partial charge >= 0.3 is 0 Å². The summed E-state index contributed by atoms with van der Waals surface area (Å²) in [6.07, 6.45) is 3.51. The maximum absolute atomic E-state index is 10.4. The zero-order valence-corrected chi connectivity index (χ0v) is 23.1. The molecule has 200 valence electrons. The molecule has 0 radical (unpaired) electrons. The average Bonchev–Trinajstić information content (AvgIpc) is 2.62. The second kappa shape index (κ2) is 23.7. The van der Waals surface area contributed by atoms with Gasteiger partial charge in [-0.15, -0.1) is 0 Å². The van der Waals surface area contributed by atoms with Crippen molar-refractivity contribution in [3.63, 3.8) is 0 Å². The Labute approximate surface area is 215 Å². The molecule has 0 unspecified atom stereocenters. The fourth-order valence-corrected chi connectivity index (χ4v) is 1.66. The summed E-state index contributed by atoms with van der Waals surface area (Å²) in [5.41, 5.74) is 0. The van der Waals surface area contributed by atoms with Crippen LogP contribution in [0.2, 0.25) is 0 Å². The summed E-state index contributed by atoms with van der Waals surface area (Å²) in [5, 5.41) is 35.1. The van der Waals surface area contributed by atoms with Crippen LogP contribution < -0.4 is 16.0 Å². The minimum absolute atomic E-state index is 0. The smallest absolute Gasteiger partial charge is 0.187 e. The molecule has 0 spiro atoms. The van der Waals surface area contributed by atoms with Gasteiger partial charge in [-0.2, -0.15) is 0 Å². The molecule has 0 aromatic carbocycles. The summed E-state index contributed by atoms with van der Waals surface area (Å²) < 4.78 is 0. The number of aliphatic hydroxyl groups excluding tert-OH is 3. The number of carbonyl (C=O) groups excluding carboxylic acids is 3. The first-order valence-corrected chi connectivity index (χ1v) is 11.0. The number of carbonyl (C=O) groups is 3. The van der Waals surface area contributed by atoms with Crippen LogP contribution in [-0.2, 0) is 31.5 Å². The van der Waals surface area contributed by atoms with Crippen LogP contribution in [0.25, 0.3) is 0 Å². The first kappa shape index (κ1) is 38.8. The van der Waals surface area contributed by atoms with Gasteiger partial charge in [-0.05, 0) is 38.5 Å². The molecule has 0 saturated heterocycles. The van der Waals surface area contributed by atoms with Gasteiger partial charge in [0.2, 0.25) is 0 Å². The van der Waals surface area contributed by atoms with Crippen molar-refractivity contribution in [2.45, 2.75) is 62.3 Å². The molecule has 0 aromatic heterocycles. The molecule has 0 amide bonds. The first-order chi connectivity index (χ1) is 15.1. The molecule has 0 heterocycles. The Hall–Kier alpha value is -2.45. The van der Waals surface area contributed by atoms with E-state index in [4.69, 9.17) is 15.3 Å². The predicted molar refractivity (Wildman–Crippen MR) is 133 cm³/mol. The number of hydrogen-bond acceptors (Lipinski definition) is 9. The molecule has 0 atom stereocenters. The number of allylic oxidation sites excluding steroid dienone is 3. The third-order valence-electron chi connectivity index (χ3n) is 3.09. The minimum Gasteiger partial charge on any atom is -0.495 e. The van der Waals surface area contributed by atoms with Gasteiger partial charge in [-0.25, -0.2) is 0 Å². The van der Waals surface area contributed by atoms with Crippen molar-refractivity contribution in [1.29, 1.82) is 0 Å². The van der Waals surface area contributed by atoms with Crippen LogP contribution in [0.1, 0.15) is 62.3 Å². The maximum atomic E-state index is 10.4. The monoisotopic (exact) mass is 527 g/mol. The van der Waals surface area contributed by atoms with Gasteiger partial charge in [-0.3, -0.25) is 14.4 Å². The zero-order valence-electron chi connectivity index (χ0n) is 22.0. The molecule has 0 bridgehead atoms. The van der Waals surface area contributed by atoms with E-state index < -0.39 is 0 Å². The number of aliphatic hydroxyl groups is 3. The fourth-order valence-electron chi connectivity index (χ4n) is 1.66. The summed E-state index contributed by atoms with van der Waals surface area (Å²) >= 11 is 0. The largest absolute Gasteiger partial charge is 0.495 e. The number of rotatable bonds is 12. The van der Waals surface area contributed by atoms with E-state index in [1.807, 2.05) is 41.5 Å². The van der Waals surface area contributed by atoms with Crippen molar-refractivity contribution >= 4 is 17.3 Å². The molecule has 0 aliphatic rings. The maximum Gasteiger partial charge on any atom is 0.187 e. The van der Waals surface area contributed by atoms with Crippen molar-refractivity contribution in [2.75, 3.05) is 19.6 Å². The molecule has 0 aliphatic heterocycles. The summed E-state index contributed by atoms with van der Waals surface area (Å²) in [6, 6.07) is 0. The molecule has 0 aliphatic carbocycles. The third-order valence-corrected chi connectivity index (χ3v) is 3.09. The predicted octanol–water partition coefficient (Wildman–Crippen LogP) is 3.66. The van der Waals surface area contributed by atoms with Gasteiger partial charge < -0.3 is 31.3 Å². The Morgan fingerprint density at radius 1 is 0.559 bits per heavy atom. The summed E-state index contributed by atoms with van der Waals surface area (Å²) in [5.74, 6) is 0.757. The summed E-state index contributed by atoms with van der Waals surface area (Å²) in [6.45, 7) is 18.3. The van der Waals surface area contributed by atoms with Crippen molar-refractivity contribution in [3.8, 4) is 0 Å². The van der Waals surface area contributed by atoms with E-state index in [2.05, 4.69) is 16.0 Å². The van der Waals surface area contributed by atoms with Gasteiger partial charge in [0.15, 0.2) is 35.0 Å². The molecule has 0 aromatic rings. The molecule has 0 rings (SSSR count). The SMILES string of the molecule is CC(=O)C=C(O)NCC(C)C.CC(=O)C=C(O)NCC(C)C.CC(=O)C=C(O)NCC(C)C.[Fe]. The second-order valence-corrected chi connectivity index (χ2v) is 8.74. The molecule has 0 fully saturated rings. The van der Waals surface area contributed by atoms with Gasteiger partial charge in [-0.1, -0.05) is 41.5 Å². The Kier molecular flexibility index (Phi) is 27.0. The van der Waals surface area contributed by atoms with Crippen LogP contribution in [0.3, 0.4) is 0 Å². The third kappa shape index (κ3) is 40.0. The molecular weight excluding hydrogens is 482 g/mol. The van der Waals surface area contributed by atoms with Crippen LogP contribution in [-0.4, -0.2) is 52.3 Å². The van der Waals surface area contributed by atoms with Gasteiger partial charge in [0.05, 0.1) is 0 Å². The molecule has 6 N–H and O–H groups in total. The van der Waals surface area contributed by atoms with E-state index in [0.717, 1.165) is 0 Å². The molecule has 34 heavy (non-hydrogen) atoms. The van der Waals surface area contributed by atoms with E-state index in [1.165, 1.54) is 39.0 Å². The van der Waals surface area contributed by atoms with E-state index in [9.17, 15) is 14.4 Å². The van der Waals surface area contributed by atoms with Crippen molar-refractivity contribution in [3.05, 3.63) is 35.9 Å². The van der Waals surface area contributed by atoms with E-state index >= 15 is 0 Å². The van der Waals surface area contributed by atoms with Gasteiger partial charge in [0, 0.05) is 54.9 Å². The van der Waals surface area contributed by atoms with E-state index in [-0.39, 0.29) is 52.1 Å². The van der Waals surface area contributed by atoms with Crippen LogP contribution in [0.4, 0.5) is 0 Å². The van der Waals surface area contributed by atoms with Crippen LogP contribution >= 0.6 is 0 Å². The van der Waals surface area contributed by atoms with E-state index in [1.54, 1.807) is 0 Å². The van der Waals surface area contributed by atoms with Crippen molar-refractivity contribution in [2.24, 2.45) is 17.8 Å². The van der Waals surface area contributed by atoms with Crippen molar-refractivity contribution in [1.82, 2.24) is 16.0 Å². The molecular formula is C24H45FeN3O6. The van der Waals surface area contributed by atoms with Crippen molar-refractivity contribution < 1.29 is 46.8 Å². The van der Waals surface area contributed by atoms with Gasteiger partial charge in [0.1, 0.15) is 0 Å². The number of hydrogen-bond donors (Lipinski definition) is 6. The standard InChI is InChI=1S/3C8H15NO2.Fe/c3*1-6(2)5-9-8(11)4-7(3)10;/h3*4,6,9,11H,5H2,1-3H3;. The summed E-state index contributed by atoms with van der Waals surface area (Å²) in [7, 11) is 0. The van der Waals surface area contributed by atoms with Crippen LogP contribution in [0.15, 0.2) is 35.9 Å². The molecule has 10 heteroatoms. The van der Waals surface area contributed by atoms with Crippen LogP contribution in [0, 0.1) is 17.8 Å². The van der Waals surface area contributed by atoms with Crippen LogP contribution in [0.5, 0.6) is 0 Å². The zero-order chi connectivity index (χ0) is 26.6. The first-order valence-electron chi connectivity index (χ1n) is 11.0. The summed E-state index contributed by atoms with van der Waals surface area (Å²) in [4.78, 5) is 31.3. The molecule has 9 nitrogen and oxygen atoms in total. The average molecular weight is 527 g/mol. The Balaban J connectivity index is -0.000000196. The van der Waals surface area contributed by atoms with Gasteiger partial charge in [0.25, 0.3) is 0 Å². The topological polar surface area (TPSA) is 148 Å². The number of ketones is 3. The Morgan fingerprint density at radius 3 is 0.853 bits per heavy atom. The quantitative estimate of drug-likeness (QED) is 0.127. The normalized spacial score (nSPS) is 11.5. The fraction of sp³-hybridized carbons (Fsp3) is 0.625. The Bertz CT molecular complexity index is 581. The Morgan fingerprint density at radius 2 is 0.735 bits per heavy atom. The molecule has 0 saturated carbocycles. The van der Waals surface area contributed by atoms with E-state index in [0.29, 0.717) is 37.4 Å². The minimum atomic E-state index is -0.154. The second-order valence-electron chi connectivity index (χ2n) is 8.74.